The molecule has 1 rings (SSSR count). The van der Waals surface area contributed by atoms with Crippen LogP contribution in [0.1, 0.15) is 39.7 Å². The minimum absolute atomic E-state index is 0.0130. The van der Waals surface area contributed by atoms with E-state index in [0.29, 0.717) is 11.5 Å². The second-order valence-electron chi connectivity index (χ2n) is 5.48. The van der Waals surface area contributed by atoms with Gasteiger partial charge in [-0.1, -0.05) is 13.0 Å². The molecule has 1 N–H and O–H groups in total. The molecule has 1 unspecified atom stereocenters. The van der Waals surface area contributed by atoms with Gasteiger partial charge in [-0.25, -0.2) is 0 Å². The van der Waals surface area contributed by atoms with Crippen LogP contribution in [-0.4, -0.2) is 26.2 Å². The second kappa shape index (κ2) is 6.64. The first-order valence-corrected chi connectivity index (χ1v) is 6.90. The fourth-order valence-electron chi connectivity index (χ4n) is 1.86. The van der Waals surface area contributed by atoms with Crippen molar-refractivity contribution in [1.82, 2.24) is 5.32 Å². The molecule has 0 fully saturated rings. The van der Waals surface area contributed by atoms with E-state index in [-0.39, 0.29) is 11.9 Å². The van der Waals surface area contributed by atoms with Gasteiger partial charge in [-0.2, -0.15) is 0 Å². The Bertz CT molecular complexity index is 469. The quantitative estimate of drug-likeness (QED) is 0.871. The molecular formula is C16H25NO3. The first-order valence-electron chi connectivity index (χ1n) is 6.90. The number of hydrogen-bond donors (Lipinski definition) is 1. The number of hydrogen-bond acceptors (Lipinski definition) is 3. The molecule has 0 heterocycles. The summed E-state index contributed by atoms with van der Waals surface area (Å²) < 4.78 is 10.5. The Labute approximate surface area is 121 Å². The topological polar surface area (TPSA) is 47.6 Å². The Hall–Kier alpha value is -1.71. The normalized spacial score (nSPS) is 12.7. The summed E-state index contributed by atoms with van der Waals surface area (Å²) in [4.78, 5) is 12.4. The molecule has 112 valence electrons. The van der Waals surface area contributed by atoms with Crippen LogP contribution in [0.3, 0.4) is 0 Å². The largest absolute Gasteiger partial charge is 0.493 e. The van der Waals surface area contributed by atoms with Gasteiger partial charge in [0.15, 0.2) is 11.5 Å². The number of ether oxygens (including phenoxy) is 2. The monoisotopic (exact) mass is 279 g/mol. The van der Waals surface area contributed by atoms with E-state index in [2.05, 4.69) is 5.32 Å². The Balaban J connectivity index is 3.05. The summed E-state index contributed by atoms with van der Waals surface area (Å²) in [5.74, 6) is 1.31. The number of carbonyl (C=O) groups excluding carboxylic acids is 1. The smallest absolute Gasteiger partial charge is 0.230 e. The molecule has 0 aromatic heterocycles. The molecule has 1 aromatic rings. The van der Waals surface area contributed by atoms with Crippen molar-refractivity contribution in [2.45, 2.75) is 45.6 Å². The maximum atomic E-state index is 12.4. The highest BCUT2D eigenvalue weighted by molar-refractivity contribution is 5.87. The van der Waals surface area contributed by atoms with Gasteiger partial charge in [-0.15, -0.1) is 0 Å². The molecule has 0 radical (unpaired) electrons. The lowest BCUT2D eigenvalue weighted by Crippen LogP contribution is -2.43. The molecule has 0 bridgehead atoms. The molecule has 0 aliphatic rings. The highest BCUT2D eigenvalue weighted by Crippen LogP contribution is 2.33. The van der Waals surface area contributed by atoms with Crippen molar-refractivity contribution in [3.63, 3.8) is 0 Å². The van der Waals surface area contributed by atoms with Gasteiger partial charge >= 0.3 is 0 Å². The second-order valence-corrected chi connectivity index (χ2v) is 5.48. The van der Waals surface area contributed by atoms with Gasteiger partial charge in [-0.05, 0) is 44.9 Å². The molecule has 1 amide bonds. The van der Waals surface area contributed by atoms with Crippen LogP contribution < -0.4 is 14.8 Å². The predicted molar refractivity (Wildman–Crippen MR) is 80.5 cm³/mol. The average Bonchev–Trinajstić information content (AvgIpc) is 2.45. The van der Waals surface area contributed by atoms with Crippen molar-refractivity contribution < 1.29 is 14.3 Å². The number of nitrogens with one attached hydrogen (secondary N) is 1. The number of methoxy groups -OCH3 is 2. The van der Waals surface area contributed by atoms with Crippen LogP contribution in [0.2, 0.25) is 0 Å². The zero-order valence-corrected chi connectivity index (χ0v) is 13.2. The highest BCUT2D eigenvalue weighted by atomic mass is 16.5. The zero-order chi connectivity index (χ0) is 15.3. The van der Waals surface area contributed by atoms with Crippen molar-refractivity contribution in [2.75, 3.05) is 14.2 Å². The third kappa shape index (κ3) is 3.44. The summed E-state index contributed by atoms with van der Waals surface area (Å²) in [5, 5.41) is 3.02. The number of amides is 1. The number of carbonyl (C=O) groups is 1. The molecule has 0 saturated carbocycles. The Morgan fingerprint density at radius 1 is 1.25 bits per heavy atom. The standard InChI is InChI=1S/C16H25NO3/c1-7-11(2)17-15(18)16(3,4)12-8-9-13(19-5)14(10-12)20-6/h8-11H,7H2,1-6H3,(H,17,18). The van der Waals surface area contributed by atoms with Gasteiger partial charge in [0.2, 0.25) is 5.91 Å². The molecule has 1 atom stereocenters. The summed E-state index contributed by atoms with van der Waals surface area (Å²) in [5.41, 5.74) is 0.277. The summed E-state index contributed by atoms with van der Waals surface area (Å²) in [6, 6.07) is 5.75. The van der Waals surface area contributed by atoms with Crippen molar-refractivity contribution in [2.24, 2.45) is 0 Å². The number of benzene rings is 1. The van der Waals surface area contributed by atoms with Gasteiger partial charge in [0.1, 0.15) is 0 Å². The third-order valence-electron chi connectivity index (χ3n) is 3.66. The Kier molecular flexibility index (Phi) is 5.43. The molecule has 20 heavy (non-hydrogen) atoms. The van der Waals surface area contributed by atoms with Crippen molar-refractivity contribution in [3.05, 3.63) is 23.8 Å². The van der Waals surface area contributed by atoms with E-state index in [0.717, 1.165) is 12.0 Å². The van der Waals surface area contributed by atoms with E-state index in [9.17, 15) is 4.79 Å². The Morgan fingerprint density at radius 3 is 2.35 bits per heavy atom. The summed E-state index contributed by atoms with van der Waals surface area (Å²) in [7, 11) is 3.19. The molecule has 0 aliphatic heterocycles. The van der Waals surface area contributed by atoms with Gasteiger partial charge in [0, 0.05) is 6.04 Å². The van der Waals surface area contributed by atoms with Gasteiger partial charge in [0.05, 0.1) is 19.6 Å². The lowest BCUT2D eigenvalue weighted by Gasteiger charge is -2.27. The Morgan fingerprint density at radius 2 is 1.85 bits per heavy atom. The molecule has 0 spiro atoms. The third-order valence-corrected chi connectivity index (χ3v) is 3.66. The van der Waals surface area contributed by atoms with E-state index < -0.39 is 5.41 Å². The SMILES string of the molecule is CCC(C)NC(=O)C(C)(C)c1ccc(OC)c(OC)c1. The van der Waals surface area contributed by atoms with Gasteiger partial charge in [0.25, 0.3) is 0 Å². The molecular weight excluding hydrogens is 254 g/mol. The maximum absolute atomic E-state index is 12.4. The lowest BCUT2D eigenvalue weighted by molar-refractivity contribution is -0.126. The van der Waals surface area contributed by atoms with Gasteiger partial charge < -0.3 is 14.8 Å². The fraction of sp³-hybridized carbons (Fsp3) is 0.562. The summed E-state index contributed by atoms with van der Waals surface area (Å²) in [6.45, 7) is 7.87. The molecule has 0 aliphatic carbocycles. The van der Waals surface area contributed by atoms with Crippen molar-refractivity contribution in [3.8, 4) is 11.5 Å². The summed E-state index contributed by atoms with van der Waals surface area (Å²) in [6.07, 6.45) is 0.910. The average molecular weight is 279 g/mol. The first kappa shape index (κ1) is 16.3. The predicted octanol–water partition coefficient (Wildman–Crippen LogP) is 2.90. The van der Waals surface area contributed by atoms with E-state index >= 15 is 0 Å². The van der Waals surface area contributed by atoms with E-state index in [1.165, 1.54) is 0 Å². The van der Waals surface area contributed by atoms with Crippen LogP contribution in [-0.2, 0) is 10.2 Å². The van der Waals surface area contributed by atoms with Crippen LogP contribution in [0, 0.1) is 0 Å². The van der Waals surface area contributed by atoms with Crippen molar-refractivity contribution >= 4 is 5.91 Å². The minimum atomic E-state index is -0.622. The van der Waals surface area contributed by atoms with Crippen LogP contribution in [0.4, 0.5) is 0 Å². The van der Waals surface area contributed by atoms with Crippen molar-refractivity contribution in [1.29, 1.82) is 0 Å². The minimum Gasteiger partial charge on any atom is -0.493 e. The number of rotatable bonds is 6. The summed E-state index contributed by atoms with van der Waals surface area (Å²) >= 11 is 0. The first-order chi connectivity index (χ1) is 9.36. The molecule has 1 aromatic carbocycles. The van der Waals surface area contributed by atoms with Crippen LogP contribution >= 0.6 is 0 Å². The maximum Gasteiger partial charge on any atom is 0.230 e. The van der Waals surface area contributed by atoms with E-state index in [4.69, 9.17) is 9.47 Å². The van der Waals surface area contributed by atoms with E-state index in [1.54, 1.807) is 14.2 Å². The molecule has 4 heteroatoms. The van der Waals surface area contributed by atoms with Crippen LogP contribution in [0.15, 0.2) is 18.2 Å². The van der Waals surface area contributed by atoms with Gasteiger partial charge in [-0.3, -0.25) is 4.79 Å². The molecule has 0 saturated heterocycles. The van der Waals surface area contributed by atoms with Crippen LogP contribution in [0.25, 0.3) is 0 Å². The zero-order valence-electron chi connectivity index (χ0n) is 13.2. The lowest BCUT2D eigenvalue weighted by atomic mass is 9.83. The van der Waals surface area contributed by atoms with E-state index in [1.807, 2.05) is 45.9 Å². The fourth-order valence-corrected chi connectivity index (χ4v) is 1.86. The molecule has 4 nitrogen and oxygen atoms in total. The highest BCUT2D eigenvalue weighted by Gasteiger charge is 2.31. The van der Waals surface area contributed by atoms with Crippen LogP contribution in [0.5, 0.6) is 11.5 Å².